The topological polar surface area (TPSA) is 134 Å². The van der Waals surface area contributed by atoms with Crippen LogP contribution in [0.15, 0.2) is 94.7 Å². The van der Waals surface area contributed by atoms with Crippen molar-refractivity contribution < 1.29 is 66.6 Å². The molecule has 4 aromatic carbocycles. The Morgan fingerprint density at radius 2 is 0.923 bits per heavy atom. The standard InChI is InChI=1S/C22H23F5N2O4S.C22H26F2N2O4S/c23-17-4-7-20(19(24)15-17)33-14-13-28-9-11-29(12-10-28)21(30)8-3-16-1-5-18(6-2-16)34(31,32)22(25,26)27;1-31(28,29)19-6-2-17(3-7-19)4-9-22(27)26-12-10-25(11-13-26)14-15-30-21-8-5-18(23)16-20(21)24/h1-2,4-7,15H,3,8-14H2;2-3,5-8,16H,4,9-15H2,1H3. The summed E-state index contributed by atoms with van der Waals surface area (Å²) in [6.07, 6.45) is 2.49. The molecule has 0 spiro atoms. The minimum atomic E-state index is -5.40. The Morgan fingerprint density at radius 3 is 1.26 bits per heavy atom. The number of amides is 2. The van der Waals surface area contributed by atoms with Gasteiger partial charge in [-0.1, -0.05) is 24.3 Å². The third-order valence-electron chi connectivity index (χ3n) is 10.7. The van der Waals surface area contributed by atoms with E-state index in [-0.39, 0.29) is 54.3 Å². The highest BCUT2D eigenvalue weighted by atomic mass is 32.2. The fraction of sp³-hybridized carbons (Fsp3) is 0.409. The Morgan fingerprint density at radius 1 is 0.554 bits per heavy atom. The van der Waals surface area contributed by atoms with E-state index in [0.29, 0.717) is 83.9 Å². The van der Waals surface area contributed by atoms with E-state index in [1.807, 2.05) is 9.80 Å². The predicted octanol–water partition coefficient (Wildman–Crippen LogP) is 5.94. The number of hydrogen-bond acceptors (Lipinski definition) is 10. The molecule has 0 bridgehead atoms. The Balaban J connectivity index is 0.000000245. The summed E-state index contributed by atoms with van der Waals surface area (Å²) in [5, 5.41) is 0. The van der Waals surface area contributed by atoms with E-state index in [0.717, 1.165) is 42.0 Å². The maximum absolute atomic E-state index is 13.6. The lowest BCUT2D eigenvalue weighted by Crippen LogP contribution is -2.49. The van der Waals surface area contributed by atoms with Gasteiger partial charge in [-0.25, -0.2) is 34.4 Å². The first-order valence-electron chi connectivity index (χ1n) is 20.5. The SMILES string of the molecule is CS(=O)(=O)c1ccc(CCC(=O)N2CCN(CCOc3ccc(F)cc3F)CC2)cc1.O=C(CCc1ccc(S(=O)(=O)C(F)(F)F)cc1)N1CCN(CCOc2ccc(F)cc2F)CC1. The number of halogens is 7. The minimum absolute atomic E-state index is 0.0276. The first kappa shape index (κ1) is 50.7. The lowest BCUT2D eigenvalue weighted by atomic mass is 10.1. The molecule has 0 N–H and O–H groups in total. The van der Waals surface area contributed by atoms with Crippen LogP contribution < -0.4 is 9.47 Å². The molecule has 21 heteroatoms. The maximum atomic E-state index is 13.6. The van der Waals surface area contributed by atoms with Crippen LogP contribution in [0.25, 0.3) is 0 Å². The third kappa shape index (κ3) is 15.2. The fourth-order valence-corrected chi connectivity index (χ4v) is 8.28. The van der Waals surface area contributed by atoms with Crippen molar-refractivity contribution >= 4 is 31.5 Å². The Labute approximate surface area is 373 Å². The molecule has 2 amide bonds. The number of alkyl halides is 3. The van der Waals surface area contributed by atoms with Crippen LogP contribution in [0.1, 0.15) is 24.0 Å². The molecule has 0 radical (unpaired) electrons. The zero-order valence-electron chi connectivity index (χ0n) is 35.4. The van der Waals surface area contributed by atoms with Crippen molar-refractivity contribution in [3.63, 3.8) is 0 Å². The van der Waals surface area contributed by atoms with Crippen molar-refractivity contribution in [3.05, 3.63) is 119 Å². The Hall–Kier alpha value is -5.25. The average Bonchev–Trinajstić information content (AvgIpc) is 3.26. The predicted molar refractivity (Wildman–Crippen MR) is 226 cm³/mol. The highest BCUT2D eigenvalue weighted by Crippen LogP contribution is 2.30. The van der Waals surface area contributed by atoms with Gasteiger partial charge in [-0.05, 0) is 72.5 Å². The van der Waals surface area contributed by atoms with Crippen molar-refractivity contribution in [3.8, 4) is 11.5 Å². The minimum Gasteiger partial charge on any atom is -0.489 e. The van der Waals surface area contributed by atoms with E-state index in [2.05, 4.69) is 4.90 Å². The van der Waals surface area contributed by atoms with Crippen LogP contribution in [0.4, 0.5) is 30.7 Å². The van der Waals surface area contributed by atoms with Crippen LogP contribution in [0, 0.1) is 23.3 Å². The molecule has 2 aliphatic heterocycles. The average molecular weight is 959 g/mol. The molecule has 2 heterocycles. The number of carbonyl (C=O) groups excluding carboxylic acids is 2. The number of hydrogen-bond donors (Lipinski definition) is 0. The summed E-state index contributed by atoms with van der Waals surface area (Å²) in [6, 6.07) is 17.2. The van der Waals surface area contributed by atoms with Gasteiger partial charge in [0.25, 0.3) is 9.84 Å². The van der Waals surface area contributed by atoms with E-state index in [1.54, 1.807) is 29.2 Å². The molecule has 12 nitrogen and oxygen atoms in total. The molecular weight excluding hydrogens is 910 g/mol. The first-order valence-corrected chi connectivity index (χ1v) is 23.9. The van der Waals surface area contributed by atoms with Gasteiger partial charge in [-0.15, -0.1) is 0 Å². The van der Waals surface area contributed by atoms with E-state index in [1.165, 1.54) is 30.5 Å². The smallest absolute Gasteiger partial charge is 0.489 e. The summed E-state index contributed by atoms with van der Waals surface area (Å²) in [7, 11) is -8.62. The van der Waals surface area contributed by atoms with Gasteiger partial charge in [-0.2, -0.15) is 13.2 Å². The molecule has 0 aromatic heterocycles. The lowest BCUT2D eigenvalue weighted by molar-refractivity contribution is -0.133. The van der Waals surface area contributed by atoms with Crippen LogP contribution in [-0.2, 0) is 42.1 Å². The molecule has 0 atom stereocenters. The quantitative estimate of drug-likeness (QED) is 0.124. The molecule has 0 unspecified atom stereocenters. The molecule has 4 aromatic rings. The number of benzene rings is 4. The summed E-state index contributed by atoms with van der Waals surface area (Å²) >= 11 is 0. The van der Waals surface area contributed by atoms with E-state index in [4.69, 9.17) is 9.47 Å². The van der Waals surface area contributed by atoms with Gasteiger partial charge >= 0.3 is 5.51 Å². The number of nitrogens with zero attached hydrogens (tertiary/aromatic N) is 4. The van der Waals surface area contributed by atoms with Gasteiger partial charge in [0.1, 0.15) is 24.8 Å². The highest BCUT2D eigenvalue weighted by Gasteiger charge is 2.46. The number of piperazine rings is 2. The van der Waals surface area contributed by atoms with Crippen molar-refractivity contribution in [1.29, 1.82) is 0 Å². The second-order valence-electron chi connectivity index (χ2n) is 15.3. The zero-order valence-corrected chi connectivity index (χ0v) is 37.0. The van der Waals surface area contributed by atoms with Crippen molar-refractivity contribution in [2.24, 2.45) is 0 Å². The number of rotatable bonds is 16. The molecule has 65 heavy (non-hydrogen) atoms. The summed E-state index contributed by atoms with van der Waals surface area (Å²) in [6.45, 7) is 6.32. The summed E-state index contributed by atoms with van der Waals surface area (Å²) < 4.78 is 147. The van der Waals surface area contributed by atoms with Crippen LogP contribution in [0.2, 0.25) is 0 Å². The molecule has 0 aliphatic carbocycles. The molecule has 354 valence electrons. The van der Waals surface area contributed by atoms with Gasteiger partial charge in [0.15, 0.2) is 33.0 Å². The number of carbonyl (C=O) groups is 2. The summed E-state index contributed by atoms with van der Waals surface area (Å²) in [4.78, 5) is 32.1. The van der Waals surface area contributed by atoms with Crippen molar-refractivity contribution in [2.75, 3.05) is 84.9 Å². The Bertz CT molecular complexity index is 2450. The maximum Gasteiger partial charge on any atom is 0.501 e. The number of aryl methyl sites for hydroxylation is 2. The van der Waals surface area contributed by atoms with E-state index < -0.39 is 53.3 Å². The third-order valence-corrected chi connectivity index (χ3v) is 13.3. The Kier molecular flexibility index (Phi) is 17.8. The molecule has 6 rings (SSSR count). The van der Waals surface area contributed by atoms with E-state index in [9.17, 15) is 57.2 Å². The molecular formula is C44H49F7N4O8S2. The highest BCUT2D eigenvalue weighted by molar-refractivity contribution is 7.92. The van der Waals surface area contributed by atoms with Gasteiger partial charge in [0.2, 0.25) is 11.8 Å². The second-order valence-corrected chi connectivity index (χ2v) is 19.3. The van der Waals surface area contributed by atoms with Crippen molar-refractivity contribution in [1.82, 2.24) is 19.6 Å². The number of sulfone groups is 2. The van der Waals surface area contributed by atoms with E-state index >= 15 is 0 Å². The zero-order chi connectivity index (χ0) is 47.4. The summed E-state index contributed by atoms with van der Waals surface area (Å²) in [5.74, 6) is -2.87. The van der Waals surface area contributed by atoms with Crippen LogP contribution in [-0.4, -0.2) is 139 Å². The number of ether oxygens (including phenoxy) is 2. The first-order chi connectivity index (χ1) is 30.7. The molecule has 0 saturated carbocycles. The van der Waals surface area contributed by atoms with Gasteiger partial charge in [0, 0.05) is 96.7 Å². The molecule has 2 fully saturated rings. The van der Waals surface area contributed by atoms with Gasteiger partial charge < -0.3 is 19.3 Å². The molecule has 2 aliphatic rings. The monoisotopic (exact) mass is 958 g/mol. The van der Waals surface area contributed by atoms with Crippen molar-refractivity contribution in [2.45, 2.75) is 41.0 Å². The fourth-order valence-electron chi connectivity index (χ4n) is 6.89. The van der Waals surface area contributed by atoms with Gasteiger partial charge in [-0.3, -0.25) is 19.4 Å². The van der Waals surface area contributed by atoms with Crippen LogP contribution in [0.3, 0.4) is 0 Å². The summed E-state index contributed by atoms with van der Waals surface area (Å²) in [5.41, 5.74) is -3.89. The molecule has 2 saturated heterocycles. The largest absolute Gasteiger partial charge is 0.501 e. The normalized spacial score (nSPS) is 15.3. The lowest BCUT2D eigenvalue weighted by Gasteiger charge is -2.34. The van der Waals surface area contributed by atoms with Gasteiger partial charge in [0.05, 0.1) is 9.79 Å². The second kappa shape index (κ2) is 22.8. The van der Waals surface area contributed by atoms with Crippen LogP contribution in [0.5, 0.6) is 11.5 Å². The van der Waals surface area contributed by atoms with Crippen LogP contribution >= 0.6 is 0 Å².